The fourth-order valence-corrected chi connectivity index (χ4v) is 11.5. The number of urea groups is 1. The van der Waals surface area contributed by atoms with E-state index in [1.807, 2.05) is 11.8 Å². The average molecular weight is 673 g/mol. The number of aliphatic hydroxyl groups is 1. The molecular weight excluding hydrogens is 612 g/mol. The fraction of sp³-hybridized carbons (Fsp3) is 0.868. The molecule has 4 aliphatic carbocycles. The third-order valence-corrected chi connectivity index (χ3v) is 14.0. The van der Waals surface area contributed by atoms with Gasteiger partial charge in [0.25, 0.3) is 0 Å². The topological polar surface area (TPSA) is 114 Å². The van der Waals surface area contributed by atoms with Gasteiger partial charge in [0, 0.05) is 36.2 Å². The Bertz CT molecular complexity index is 1100. The molecule has 0 radical (unpaired) electrons. The third kappa shape index (κ3) is 8.36. The van der Waals surface area contributed by atoms with E-state index in [1.165, 1.54) is 25.7 Å². The number of aliphatic hydroxyl groups excluding tert-OH is 1. The van der Waals surface area contributed by atoms with Crippen molar-refractivity contribution in [1.29, 1.82) is 0 Å². The number of unbranched alkanes of at least 4 members (excludes halogenated alkanes) is 9. The largest absolute Gasteiger partial charge is 0.462 e. The summed E-state index contributed by atoms with van der Waals surface area (Å²) in [6.07, 6.45) is 23.3. The molecule has 0 aromatic carbocycles. The van der Waals surface area contributed by atoms with Crippen molar-refractivity contribution in [3.8, 4) is 0 Å². The number of carbonyl (C=O) groups is 3. The van der Waals surface area contributed by atoms with Crippen molar-refractivity contribution in [2.24, 2.45) is 35.5 Å². The molecule has 0 aromatic heterocycles. The summed E-state index contributed by atoms with van der Waals surface area (Å²) in [5.41, 5.74) is 0. The number of allylic oxidation sites excluding steroid dienone is 1. The zero-order valence-electron chi connectivity index (χ0n) is 28.6. The van der Waals surface area contributed by atoms with Gasteiger partial charge in [-0.3, -0.25) is 9.59 Å². The molecule has 47 heavy (non-hydrogen) atoms. The average Bonchev–Trinajstić information content (AvgIpc) is 3.59. The minimum absolute atomic E-state index is 0.00598. The second-order valence-corrected chi connectivity index (χ2v) is 16.8. The van der Waals surface area contributed by atoms with Gasteiger partial charge < -0.3 is 25.2 Å². The van der Waals surface area contributed by atoms with Crippen molar-refractivity contribution in [2.45, 2.75) is 165 Å². The lowest BCUT2D eigenvalue weighted by molar-refractivity contribution is -0.349. The highest BCUT2D eigenvalue weighted by atomic mass is 32.2. The lowest BCUT2D eigenvalue weighted by Gasteiger charge is -2.79. The summed E-state index contributed by atoms with van der Waals surface area (Å²) in [6, 6.07) is 0.432. The van der Waals surface area contributed by atoms with Crippen LogP contribution in [0, 0.1) is 35.5 Å². The molecule has 2 saturated heterocycles. The van der Waals surface area contributed by atoms with Gasteiger partial charge in [-0.1, -0.05) is 64.0 Å². The van der Waals surface area contributed by atoms with Crippen molar-refractivity contribution in [2.75, 3.05) is 5.75 Å². The van der Waals surface area contributed by atoms with E-state index in [1.54, 1.807) is 0 Å². The maximum absolute atomic E-state index is 12.7. The van der Waals surface area contributed by atoms with Crippen LogP contribution in [-0.4, -0.2) is 64.5 Å². The molecule has 9 heteroatoms. The number of nitrogens with one attached hydrogen (secondary N) is 2. The minimum atomic E-state index is -0.0740. The number of rotatable bonds is 22. The van der Waals surface area contributed by atoms with Crippen LogP contribution in [0.15, 0.2) is 12.2 Å². The molecule has 6 aliphatic rings. The molecule has 4 saturated carbocycles. The fourth-order valence-electron chi connectivity index (χ4n) is 9.92. The number of thioether (sulfide) groups is 1. The summed E-state index contributed by atoms with van der Waals surface area (Å²) in [4.78, 5) is 36.7. The van der Waals surface area contributed by atoms with Crippen molar-refractivity contribution in [1.82, 2.24) is 10.6 Å². The van der Waals surface area contributed by atoms with Crippen molar-refractivity contribution < 1.29 is 29.0 Å². The van der Waals surface area contributed by atoms with Gasteiger partial charge in [-0.05, 0) is 87.4 Å². The molecule has 8 nitrogen and oxygen atoms in total. The predicted molar refractivity (Wildman–Crippen MR) is 185 cm³/mol. The highest BCUT2D eigenvalue weighted by Crippen LogP contribution is 2.77. The van der Waals surface area contributed by atoms with E-state index in [0.29, 0.717) is 29.9 Å². The Morgan fingerprint density at radius 2 is 1.62 bits per heavy atom. The number of amides is 2. The van der Waals surface area contributed by atoms with E-state index in [0.717, 1.165) is 113 Å². The molecule has 6 fully saturated rings. The van der Waals surface area contributed by atoms with Gasteiger partial charge in [-0.25, -0.2) is 4.79 Å². The molecule has 8 unspecified atom stereocenters. The number of fused-ring (bicyclic) bond motifs is 8. The highest BCUT2D eigenvalue weighted by Gasteiger charge is 2.76. The van der Waals surface area contributed by atoms with Crippen molar-refractivity contribution >= 4 is 29.7 Å². The Hall–Kier alpha value is -1.74. The first-order valence-electron chi connectivity index (χ1n) is 19.3. The van der Waals surface area contributed by atoms with Gasteiger partial charge in [0.1, 0.15) is 12.2 Å². The SMILES string of the molecule is CCCCCC[C@H](CC=CCCCCCCCC(=O)OC1CC2C1C1C3CC(O)C3C21)OC(=O)CCCC[C@@H]1SC[C@@H]2NC(=O)N[C@@H]21. The number of hydrogen-bond donors (Lipinski definition) is 3. The normalized spacial score (nSPS) is 36.3. The molecule has 6 rings (SSSR count). The van der Waals surface area contributed by atoms with E-state index in [-0.39, 0.29) is 48.4 Å². The highest BCUT2D eigenvalue weighted by molar-refractivity contribution is 8.00. The Kier molecular flexibility index (Phi) is 12.5. The van der Waals surface area contributed by atoms with Crippen LogP contribution in [0.3, 0.4) is 0 Å². The molecule has 3 N–H and O–H groups in total. The number of ether oxygens (including phenoxy) is 2. The molecule has 12 atom stereocenters. The summed E-state index contributed by atoms with van der Waals surface area (Å²) in [6.45, 7) is 2.22. The molecule has 2 amide bonds. The summed E-state index contributed by atoms with van der Waals surface area (Å²) < 4.78 is 11.8. The van der Waals surface area contributed by atoms with Crippen molar-refractivity contribution in [3.63, 3.8) is 0 Å². The molecular formula is C38H60N2O6S. The zero-order valence-corrected chi connectivity index (χ0v) is 29.4. The van der Waals surface area contributed by atoms with Gasteiger partial charge in [-0.2, -0.15) is 11.8 Å². The lowest BCUT2D eigenvalue weighted by Crippen LogP contribution is -2.79. The number of hydrogen-bond acceptors (Lipinski definition) is 7. The van der Waals surface area contributed by atoms with E-state index >= 15 is 0 Å². The number of carbonyl (C=O) groups excluding carboxylic acids is 3. The predicted octanol–water partition coefficient (Wildman–Crippen LogP) is 7.08. The Morgan fingerprint density at radius 3 is 2.47 bits per heavy atom. The smallest absolute Gasteiger partial charge is 0.315 e. The second kappa shape index (κ2) is 16.8. The Balaban J connectivity index is 0.769. The maximum atomic E-state index is 12.7. The van der Waals surface area contributed by atoms with Gasteiger partial charge in [0.05, 0.1) is 18.2 Å². The van der Waals surface area contributed by atoms with Crippen LogP contribution in [0.1, 0.15) is 129 Å². The monoisotopic (exact) mass is 672 g/mol. The summed E-state index contributed by atoms with van der Waals surface area (Å²) in [5, 5.41) is 16.4. The molecule has 2 heterocycles. The van der Waals surface area contributed by atoms with Gasteiger partial charge in [-0.15, -0.1) is 0 Å². The zero-order chi connectivity index (χ0) is 32.8. The first-order valence-corrected chi connectivity index (χ1v) is 20.4. The molecule has 0 aromatic rings. The van der Waals surface area contributed by atoms with Crippen LogP contribution in [0.25, 0.3) is 0 Å². The molecule has 2 aliphatic heterocycles. The molecule has 264 valence electrons. The van der Waals surface area contributed by atoms with Gasteiger partial charge >= 0.3 is 18.0 Å². The van der Waals surface area contributed by atoms with Crippen LogP contribution in [-0.2, 0) is 19.1 Å². The Morgan fingerprint density at radius 1 is 0.872 bits per heavy atom. The third-order valence-electron chi connectivity index (χ3n) is 12.5. The maximum Gasteiger partial charge on any atom is 0.315 e. The van der Waals surface area contributed by atoms with E-state index < -0.39 is 0 Å². The van der Waals surface area contributed by atoms with E-state index in [4.69, 9.17) is 9.47 Å². The van der Waals surface area contributed by atoms with Crippen LogP contribution < -0.4 is 10.6 Å². The van der Waals surface area contributed by atoms with E-state index in [2.05, 4.69) is 29.7 Å². The molecule has 0 spiro atoms. The quantitative estimate of drug-likeness (QED) is 0.0488. The summed E-state index contributed by atoms with van der Waals surface area (Å²) in [5.74, 6) is 5.01. The second-order valence-electron chi connectivity index (χ2n) is 15.5. The first-order chi connectivity index (χ1) is 22.9. The van der Waals surface area contributed by atoms with Crippen LogP contribution in [0.5, 0.6) is 0 Å². The van der Waals surface area contributed by atoms with Gasteiger partial charge in [0.15, 0.2) is 0 Å². The standard InChI is InChI=1S/C38H60N2O6S/c1-2-3-4-11-16-24(45-31(42)20-15-14-18-30-37-27(23-47-30)39-38(44)40-37)17-12-9-7-5-6-8-10-13-19-32(43)46-29-22-26-34(29)36-25-21-28(41)33(25)35(26)36/h9,12,24-30,33-37,41H,2-8,10-11,13-23H2,1H3,(H2,39,40,44)/t24-,25?,26?,27+,28?,29?,30+,33?,34?,35?,36?,37+/m1/s1. The van der Waals surface area contributed by atoms with Gasteiger partial charge in [0.2, 0.25) is 0 Å². The van der Waals surface area contributed by atoms with Crippen LogP contribution in [0.2, 0.25) is 0 Å². The Labute approximate surface area is 286 Å². The number of esters is 2. The van der Waals surface area contributed by atoms with Crippen LogP contribution >= 0.6 is 11.8 Å². The minimum Gasteiger partial charge on any atom is -0.462 e. The summed E-state index contributed by atoms with van der Waals surface area (Å²) in [7, 11) is 0. The van der Waals surface area contributed by atoms with E-state index in [9.17, 15) is 19.5 Å². The van der Waals surface area contributed by atoms with Crippen molar-refractivity contribution in [3.05, 3.63) is 12.2 Å². The first kappa shape index (κ1) is 35.1. The van der Waals surface area contributed by atoms with Crippen LogP contribution in [0.4, 0.5) is 4.79 Å². The molecule has 0 bridgehead atoms. The summed E-state index contributed by atoms with van der Waals surface area (Å²) >= 11 is 1.93. The lowest BCUT2D eigenvalue weighted by atomic mass is 9.27.